The first-order chi connectivity index (χ1) is 8.84. The molecule has 2 atom stereocenters. The molecule has 1 aromatic rings. The van der Waals surface area contributed by atoms with Crippen LogP contribution < -0.4 is 5.32 Å². The van der Waals surface area contributed by atoms with Crippen molar-refractivity contribution in [1.82, 2.24) is 5.32 Å². The average molecular weight is 245 g/mol. The highest BCUT2D eigenvalue weighted by molar-refractivity contribution is 5.31. The lowest BCUT2D eigenvalue weighted by molar-refractivity contribution is 0.0763. The normalized spacial score (nSPS) is 25.9. The van der Waals surface area contributed by atoms with E-state index in [4.69, 9.17) is 4.74 Å². The molecule has 2 aliphatic rings. The van der Waals surface area contributed by atoms with Gasteiger partial charge in [0.25, 0.3) is 0 Å². The second-order valence-corrected chi connectivity index (χ2v) is 5.77. The second-order valence-electron chi connectivity index (χ2n) is 5.77. The van der Waals surface area contributed by atoms with Gasteiger partial charge in [-0.25, -0.2) is 0 Å². The van der Waals surface area contributed by atoms with Gasteiger partial charge in [0.2, 0.25) is 0 Å². The third kappa shape index (κ3) is 2.45. The zero-order chi connectivity index (χ0) is 12.4. The molecule has 2 unspecified atom stereocenters. The fraction of sp³-hybridized carbons (Fsp3) is 0.625. The topological polar surface area (TPSA) is 21.3 Å². The van der Waals surface area contributed by atoms with Crippen molar-refractivity contribution in [3.8, 4) is 0 Å². The molecule has 1 aromatic carbocycles. The van der Waals surface area contributed by atoms with E-state index in [1.54, 1.807) is 0 Å². The van der Waals surface area contributed by atoms with Crippen LogP contribution in [0.4, 0.5) is 0 Å². The lowest BCUT2D eigenvalue weighted by atomic mass is 9.95. The van der Waals surface area contributed by atoms with E-state index in [-0.39, 0.29) is 0 Å². The van der Waals surface area contributed by atoms with Gasteiger partial charge in [-0.05, 0) is 36.8 Å². The molecule has 1 N–H and O–H groups in total. The zero-order valence-electron chi connectivity index (χ0n) is 11.2. The van der Waals surface area contributed by atoms with Crippen LogP contribution in [0.3, 0.4) is 0 Å². The number of fused-ring (bicyclic) bond motifs is 1. The Kier molecular flexibility index (Phi) is 3.67. The fourth-order valence-electron chi connectivity index (χ4n) is 3.43. The molecule has 2 nitrogen and oxygen atoms in total. The summed E-state index contributed by atoms with van der Waals surface area (Å²) in [4.78, 5) is 0. The molecule has 1 saturated carbocycles. The first kappa shape index (κ1) is 12.2. The standard InChI is InChI=1S/C16H23NO/c1-12(13-6-2-3-7-13)17-16-11-18-10-14-8-4-5-9-15(14)16/h4-5,8-9,12-13,16-17H,2-3,6-7,10-11H2,1H3. The van der Waals surface area contributed by atoms with Gasteiger partial charge in [0, 0.05) is 6.04 Å². The van der Waals surface area contributed by atoms with E-state index in [1.165, 1.54) is 36.8 Å². The summed E-state index contributed by atoms with van der Waals surface area (Å²) in [5, 5.41) is 3.79. The Balaban J connectivity index is 1.70. The molecule has 0 amide bonds. The lowest BCUT2D eigenvalue weighted by Gasteiger charge is -2.31. The second kappa shape index (κ2) is 5.41. The highest BCUT2D eigenvalue weighted by Crippen LogP contribution is 2.30. The summed E-state index contributed by atoms with van der Waals surface area (Å²) < 4.78 is 5.71. The summed E-state index contributed by atoms with van der Waals surface area (Å²) in [6.07, 6.45) is 5.61. The molecule has 0 saturated heterocycles. The van der Waals surface area contributed by atoms with Crippen molar-refractivity contribution in [3.05, 3.63) is 35.4 Å². The van der Waals surface area contributed by atoms with E-state index >= 15 is 0 Å². The van der Waals surface area contributed by atoms with E-state index in [1.807, 2.05) is 0 Å². The minimum absolute atomic E-state index is 0.380. The SMILES string of the molecule is CC(NC1COCc2ccccc21)C1CCCC1. The summed E-state index contributed by atoms with van der Waals surface area (Å²) in [7, 11) is 0. The van der Waals surface area contributed by atoms with Crippen LogP contribution in [0, 0.1) is 5.92 Å². The molecule has 0 bridgehead atoms. The Morgan fingerprint density at radius 1 is 1.22 bits per heavy atom. The third-order valence-electron chi connectivity index (χ3n) is 4.54. The predicted octanol–water partition coefficient (Wildman–Crippen LogP) is 3.43. The van der Waals surface area contributed by atoms with Crippen LogP contribution in [0.5, 0.6) is 0 Å². The van der Waals surface area contributed by atoms with Crippen molar-refractivity contribution in [3.63, 3.8) is 0 Å². The maximum absolute atomic E-state index is 5.71. The molecular formula is C16H23NO. The van der Waals surface area contributed by atoms with Crippen molar-refractivity contribution < 1.29 is 4.74 Å². The first-order valence-corrected chi connectivity index (χ1v) is 7.26. The van der Waals surface area contributed by atoms with Crippen molar-refractivity contribution >= 4 is 0 Å². The largest absolute Gasteiger partial charge is 0.375 e. The van der Waals surface area contributed by atoms with Gasteiger partial charge in [0.05, 0.1) is 19.3 Å². The summed E-state index contributed by atoms with van der Waals surface area (Å²) in [5.74, 6) is 0.860. The number of benzene rings is 1. The smallest absolute Gasteiger partial charge is 0.0721 e. The summed E-state index contributed by atoms with van der Waals surface area (Å²) in [5.41, 5.74) is 2.79. The van der Waals surface area contributed by atoms with Crippen molar-refractivity contribution in [2.24, 2.45) is 5.92 Å². The van der Waals surface area contributed by atoms with E-state index in [0.717, 1.165) is 19.1 Å². The maximum atomic E-state index is 5.71. The summed E-state index contributed by atoms with van der Waals surface area (Å²) in [6.45, 7) is 3.92. The molecule has 1 aliphatic heterocycles. The monoisotopic (exact) mass is 245 g/mol. The molecule has 3 rings (SSSR count). The van der Waals surface area contributed by atoms with Gasteiger partial charge >= 0.3 is 0 Å². The van der Waals surface area contributed by atoms with Crippen LogP contribution in [0.15, 0.2) is 24.3 Å². The fourth-order valence-corrected chi connectivity index (χ4v) is 3.43. The van der Waals surface area contributed by atoms with Crippen LogP contribution in [0.2, 0.25) is 0 Å². The molecule has 0 spiro atoms. The Bertz CT molecular complexity index is 398. The van der Waals surface area contributed by atoms with Gasteiger partial charge in [-0.15, -0.1) is 0 Å². The minimum atomic E-state index is 0.380. The lowest BCUT2D eigenvalue weighted by Crippen LogP contribution is -2.39. The number of nitrogens with one attached hydrogen (secondary N) is 1. The van der Waals surface area contributed by atoms with Gasteiger partial charge in [-0.2, -0.15) is 0 Å². The Hall–Kier alpha value is -0.860. The highest BCUT2D eigenvalue weighted by atomic mass is 16.5. The predicted molar refractivity (Wildman–Crippen MR) is 73.4 cm³/mol. The molecule has 18 heavy (non-hydrogen) atoms. The summed E-state index contributed by atoms with van der Waals surface area (Å²) >= 11 is 0. The van der Waals surface area contributed by atoms with Crippen molar-refractivity contribution in [2.75, 3.05) is 6.61 Å². The molecule has 1 aliphatic carbocycles. The zero-order valence-corrected chi connectivity index (χ0v) is 11.2. The Labute approximate surface area is 110 Å². The van der Waals surface area contributed by atoms with Gasteiger partial charge < -0.3 is 10.1 Å². The van der Waals surface area contributed by atoms with Gasteiger partial charge in [-0.1, -0.05) is 37.1 Å². The molecule has 2 heteroatoms. The number of ether oxygens (including phenoxy) is 1. The minimum Gasteiger partial charge on any atom is -0.375 e. The van der Waals surface area contributed by atoms with Gasteiger partial charge in [-0.3, -0.25) is 0 Å². The molecule has 98 valence electrons. The van der Waals surface area contributed by atoms with E-state index in [2.05, 4.69) is 36.5 Å². The van der Waals surface area contributed by atoms with E-state index in [9.17, 15) is 0 Å². The van der Waals surface area contributed by atoms with E-state index in [0.29, 0.717) is 12.1 Å². The Morgan fingerprint density at radius 3 is 2.83 bits per heavy atom. The summed E-state index contributed by atoms with van der Waals surface area (Å²) in [6, 6.07) is 9.66. The number of hydrogen-bond donors (Lipinski definition) is 1. The van der Waals surface area contributed by atoms with Crippen LogP contribution in [0.25, 0.3) is 0 Å². The maximum Gasteiger partial charge on any atom is 0.0721 e. The van der Waals surface area contributed by atoms with Crippen LogP contribution in [0.1, 0.15) is 49.8 Å². The third-order valence-corrected chi connectivity index (χ3v) is 4.54. The van der Waals surface area contributed by atoms with Crippen LogP contribution in [-0.4, -0.2) is 12.6 Å². The van der Waals surface area contributed by atoms with E-state index < -0.39 is 0 Å². The molecule has 0 aromatic heterocycles. The molecular weight excluding hydrogens is 222 g/mol. The van der Waals surface area contributed by atoms with Crippen LogP contribution in [-0.2, 0) is 11.3 Å². The Morgan fingerprint density at radius 2 is 2.00 bits per heavy atom. The molecule has 1 fully saturated rings. The number of rotatable bonds is 3. The van der Waals surface area contributed by atoms with Gasteiger partial charge in [0.1, 0.15) is 0 Å². The quantitative estimate of drug-likeness (QED) is 0.881. The van der Waals surface area contributed by atoms with Gasteiger partial charge in [0.15, 0.2) is 0 Å². The van der Waals surface area contributed by atoms with Crippen LogP contribution >= 0.6 is 0 Å². The average Bonchev–Trinajstić information content (AvgIpc) is 2.93. The highest BCUT2D eigenvalue weighted by Gasteiger charge is 2.26. The first-order valence-electron chi connectivity index (χ1n) is 7.26. The molecule has 1 heterocycles. The molecule has 0 radical (unpaired) electrons. The number of hydrogen-bond acceptors (Lipinski definition) is 2. The van der Waals surface area contributed by atoms with Crippen molar-refractivity contribution in [2.45, 2.75) is 51.3 Å². The van der Waals surface area contributed by atoms with Crippen molar-refractivity contribution in [1.29, 1.82) is 0 Å².